The van der Waals surface area contributed by atoms with Crippen LogP contribution >= 0.6 is 0 Å². The van der Waals surface area contributed by atoms with Gasteiger partial charge in [-0.15, -0.1) is 0 Å². The fourth-order valence-corrected chi connectivity index (χ4v) is 2.61. The molecule has 2 heteroatoms. The zero-order valence-electron chi connectivity index (χ0n) is 9.39. The molecule has 1 fully saturated rings. The van der Waals surface area contributed by atoms with Crippen LogP contribution in [0.2, 0.25) is 0 Å². The molecule has 1 aliphatic rings. The zero-order valence-corrected chi connectivity index (χ0v) is 9.39. The molecule has 3 unspecified atom stereocenters. The van der Waals surface area contributed by atoms with Crippen LogP contribution in [-0.2, 0) is 4.74 Å². The quantitative estimate of drug-likeness (QED) is 0.726. The number of rotatable bonds is 3. The Balaban J connectivity index is 2.63. The van der Waals surface area contributed by atoms with E-state index in [0.717, 1.165) is 12.5 Å². The summed E-state index contributed by atoms with van der Waals surface area (Å²) in [7, 11) is 3.86. The first kappa shape index (κ1) is 11.0. The topological polar surface area (TPSA) is 21.3 Å². The van der Waals surface area contributed by atoms with E-state index in [-0.39, 0.29) is 5.60 Å². The second kappa shape index (κ2) is 4.43. The predicted molar refractivity (Wildman–Crippen MR) is 55.8 cm³/mol. The van der Waals surface area contributed by atoms with E-state index < -0.39 is 0 Å². The van der Waals surface area contributed by atoms with E-state index in [1.165, 1.54) is 19.3 Å². The number of hydrogen-bond donors (Lipinski definition) is 1. The summed E-state index contributed by atoms with van der Waals surface area (Å²) in [4.78, 5) is 0. The van der Waals surface area contributed by atoms with Gasteiger partial charge in [-0.2, -0.15) is 0 Å². The van der Waals surface area contributed by atoms with Gasteiger partial charge in [0, 0.05) is 13.7 Å². The molecule has 0 aromatic rings. The van der Waals surface area contributed by atoms with Crippen molar-refractivity contribution in [1.29, 1.82) is 0 Å². The van der Waals surface area contributed by atoms with E-state index in [1.807, 2.05) is 14.2 Å². The summed E-state index contributed by atoms with van der Waals surface area (Å²) in [5.74, 6) is 1.55. The van der Waals surface area contributed by atoms with Crippen LogP contribution in [0.5, 0.6) is 0 Å². The maximum absolute atomic E-state index is 5.72. The fraction of sp³-hybridized carbons (Fsp3) is 1.00. The largest absolute Gasteiger partial charge is 0.377 e. The molecule has 13 heavy (non-hydrogen) atoms. The average Bonchev–Trinajstić information content (AvgIpc) is 2.11. The van der Waals surface area contributed by atoms with Gasteiger partial charge in [0.25, 0.3) is 0 Å². The second-order valence-corrected chi connectivity index (χ2v) is 4.58. The summed E-state index contributed by atoms with van der Waals surface area (Å²) >= 11 is 0. The molecule has 0 heterocycles. The van der Waals surface area contributed by atoms with Crippen molar-refractivity contribution >= 4 is 0 Å². The van der Waals surface area contributed by atoms with E-state index in [1.54, 1.807) is 0 Å². The summed E-state index contributed by atoms with van der Waals surface area (Å²) in [6.45, 7) is 5.64. The van der Waals surface area contributed by atoms with Crippen LogP contribution in [0, 0.1) is 11.8 Å². The van der Waals surface area contributed by atoms with Gasteiger partial charge >= 0.3 is 0 Å². The van der Waals surface area contributed by atoms with E-state index in [4.69, 9.17) is 4.74 Å². The number of likely N-dealkylation sites (N-methyl/N-ethyl adjacent to an activating group) is 1. The van der Waals surface area contributed by atoms with Crippen LogP contribution in [0.25, 0.3) is 0 Å². The van der Waals surface area contributed by atoms with E-state index in [9.17, 15) is 0 Å². The number of ether oxygens (including phenoxy) is 1. The van der Waals surface area contributed by atoms with Crippen LogP contribution < -0.4 is 5.32 Å². The Morgan fingerprint density at radius 3 is 2.62 bits per heavy atom. The smallest absolute Gasteiger partial charge is 0.0827 e. The van der Waals surface area contributed by atoms with Crippen molar-refractivity contribution in [2.24, 2.45) is 11.8 Å². The average molecular weight is 185 g/mol. The molecule has 1 saturated carbocycles. The van der Waals surface area contributed by atoms with Crippen molar-refractivity contribution in [1.82, 2.24) is 5.32 Å². The number of methoxy groups -OCH3 is 1. The highest BCUT2D eigenvalue weighted by Gasteiger charge is 2.39. The summed E-state index contributed by atoms with van der Waals surface area (Å²) in [5.41, 5.74) is 0.0985. The van der Waals surface area contributed by atoms with Gasteiger partial charge in [0.15, 0.2) is 0 Å². The summed E-state index contributed by atoms with van der Waals surface area (Å²) in [5, 5.41) is 3.25. The molecular formula is C11H23NO. The Morgan fingerprint density at radius 1 is 1.46 bits per heavy atom. The van der Waals surface area contributed by atoms with Gasteiger partial charge in [-0.3, -0.25) is 0 Å². The minimum absolute atomic E-state index is 0.0985. The minimum Gasteiger partial charge on any atom is -0.377 e. The third-order valence-electron chi connectivity index (χ3n) is 3.60. The molecule has 0 bridgehead atoms. The van der Waals surface area contributed by atoms with E-state index in [0.29, 0.717) is 5.92 Å². The van der Waals surface area contributed by atoms with Gasteiger partial charge in [0.05, 0.1) is 5.60 Å². The minimum atomic E-state index is 0.0985. The molecule has 2 nitrogen and oxygen atoms in total. The second-order valence-electron chi connectivity index (χ2n) is 4.58. The van der Waals surface area contributed by atoms with Crippen LogP contribution in [0.4, 0.5) is 0 Å². The molecule has 0 aromatic carbocycles. The molecule has 0 aromatic heterocycles. The standard InChI is InChI=1S/C11H23NO/c1-9-5-6-11(13-4,8-12-3)10(2)7-9/h9-10,12H,5-8H2,1-4H3. The lowest BCUT2D eigenvalue weighted by Crippen LogP contribution is -2.49. The molecule has 0 spiro atoms. The Labute approximate surface area is 82.0 Å². The molecule has 0 radical (unpaired) electrons. The van der Waals surface area contributed by atoms with Crippen molar-refractivity contribution in [3.8, 4) is 0 Å². The van der Waals surface area contributed by atoms with Crippen LogP contribution in [-0.4, -0.2) is 26.3 Å². The van der Waals surface area contributed by atoms with Gasteiger partial charge in [0.1, 0.15) is 0 Å². The molecule has 1 rings (SSSR count). The molecule has 78 valence electrons. The van der Waals surface area contributed by atoms with Gasteiger partial charge in [-0.25, -0.2) is 0 Å². The summed E-state index contributed by atoms with van der Waals surface area (Å²) in [6.07, 6.45) is 3.81. The monoisotopic (exact) mass is 185 g/mol. The van der Waals surface area contributed by atoms with E-state index >= 15 is 0 Å². The Morgan fingerprint density at radius 2 is 2.15 bits per heavy atom. The first-order valence-electron chi connectivity index (χ1n) is 5.34. The van der Waals surface area contributed by atoms with Gasteiger partial charge in [-0.1, -0.05) is 13.8 Å². The molecule has 3 atom stereocenters. The molecule has 1 N–H and O–H groups in total. The highest BCUT2D eigenvalue weighted by molar-refractivity contribution is 4.92. The lowest BCUT2D eigenvalue weighted by Gasteiger charge is -2.43. The Hall–Kier alpha value is -0.0800. The zero-order chi connectivity index (χ0) is 9.90. The Kier molecular flexibility index (Phi) is 3.74. The third-order valence-corrected chi connectivity index (χ3v) is 3.60. The van der Waals surface area contributed by atoms with Gasteiger partial charge in [0.2, 0.25) is 0 Å². The molecule has 0 saturated heterocycles. The highest BCUT2D eigenvalue weighted by atomic mass is 16.5. The van der Waals surface area contributed by atoms with Crippen molar-refractivity contribution in [3.63, 3.8) is 0 Å². The predicted octanol–water partition coefficient (Wildman–Crippen LogP) is 2.05. The fourth-order valence-electron chi connectivity index (χ4n) is 2.61. The van der Waals surface area contributed by atoms with Gasteiger partial charge in [-0.05, 0) is 38.1 Å². The third kappa shape index (κ3) is 2.23. The molecule has 0 aliphatic heterocycles. The Bertz CT molecular complexity index is 160. The van der Waals surface area contributed by atoms with Crippen molar-refractivity contribution in [2.75, 3.05) is 20.7 Å². The normalized spacial score (nSPS) is 40.6. The van der Waals surface area contributed by atoms with Crippen molar-refractivity contribution in [3.05, 3.63) is 0 Å². The first-order valence-corrected chi connectivity index (χ1v) is 5.34. The molecule has 1 aliphatic carbocycles. The van der Waals surface area contributed by atoms with Crippen LogP contribution in [0.3, 0.4) is 0 Å². The van der Waals surface area contributed by atoms with Gasteiger partial charge < -0.3 is 10.1 Å². The lowest BCUT2D eigenvalue weighted by molar-refractivity contribution is -0.0831. The summed E-state index contributed by atoms with van der Waals surface area (Å²) < 4.78 is 5.72. The molecule has 0 amide bonds. The summed E-state index contributed by atoms with van der Waals surface area (Å²) in [6, 6.07) is 0. The maximum Gasteiger partial charge on any atom is 0.0827 e. The maximum atomic E-state index is 5.72. The molecular weight excluding hydrogens is 162 g/mol. The highest BCUT2D eigenvalue weighted by Crippen LogP contribution is 2.38. The van der Waals surface area contributed by atoms with Crippen LogP contribution in [0.1, 0.15) is 33.1 Å². The van der Waals surface area contributed by atoms with Crippen molar-refractivity contribution in [2.45, 2.75) is 38.7 Å². The number of nitrogens with one attached hydrogen (secondary N) is 1. The first-order chi connectivity index (χ1) is 6.14. The van der Waals surface area contributed by atoms with E-state index in [2.05, 4.69) is 19.2 Å². The number of hydrogen-bond acceptors (Lipinski definition) is 2. The van der Waals surface area contributed by atoms with Crippen LogP contribution in [0.15, 0.2) is 0 Å². The van der Waals surface area contributed by atoms with Crippen molar-refractivity contribution < 1.29 is 4.74 Å². The lowest BCUT2D eigenvalue weighted by atomic mass is 9.72. The SMILES string of the molecule is CNCC1(OC)CCC(C)CC1C.